The predicted molar refractivity (Wildman–Crippen MR) is 118 cm³/mol. The molecule has 0 aromatic carbocycles. The number of ether oxygens (including phenoxy) is 1. The van der Waals surface area contributed by atoms with E-state index in [0.29, 0.717) is 18.4 Å². The SMILES string of the molecule is C[C@H]1COCCN1CC(=O)[C@H]1CC[C@H]2[C@@H]3CC[C@@H]4C[C@](C)(O)CC[C@@H]4[C@H]3CC[C@]12C. The van der Waals surface area contributed by atoms with Gasteiger partial charge in [0.15, 0.2) is 0 Å². The first-order valence-corrected chi connectivity index (χ1v) is 12.9. The molecule has 5 rings (SSSR count). The summed E-state index contributed by atoms with van der Waals surface area (Å²) in [4.78, 5) is 15.8. The maximum absolute atomic E-state index is 13.5. The van der Waals surface area contributed by atoms with Crippen LogP contribution in [-0.4, -0.2) is 53.7 Å². The van der Waals surface area contributed by atoms with Gasteiger partial charge < -0.3 is 9.84 Å². The van der Waals surface area contributed by atoms with Gasteiger partial charge in [-0.1, -0.05) is 6.92 Å². The molecule has 1 aliphatic heterocycles. The molecule has 0 spiro atoms. The molecule has 4 nitrogen and oxygen atoms in total. The normalized spacial score (nSPS) is 51.7. The van der Waals surface area contributed by atoms with Gasteiger partial charge in [-0.2, -0.15) is 0 Å². The third-order valence-corrected chi connectivity index (χ3v) is 10.5. The lowest BCUT2D eigenvalue weighted by atomic mass is 9.49. The van der Waals surface area contributed by atoms with E-state index in [2.05, 4.69) is 25.7 Å². The highest BCUT2D eigenvalue weighted by Gasteiger charge is 2.58. The van der Waals surface area contributed by atoms with E-state index in [1.165, 1.54) is 38.5 Å². The van der Waals surface area contributed by atoms with E-state index >= 15 is 0 Å². The summed E-state index contributed by atoms with van der Waals surface area (Å²) >= 11 is 0. The number of hydrogen-bond donors (Lipinski definition) is 1. The minimum Gasteiger partial charge on any atom is -0.390 e. The third kappa shape index (κ3) is 3.59. The highest BCUT2D eigenvalue weighted by molar-refractivity contribution is 5.84. The number of aliphatic hydroxyl groups is 1. The van der Waals surface area contributed by atoms with Gasteiger partial charge in [-0.3, -0.25) is 9.69 Å². The summed E-state index contributed by atoms with van der Waals surface area (Å²) in [5.74, 6) is 4.77. The van der Waals surface area contributed by atoms with Crippen molar-refractivity contribution in [1.29, 1.82) is 0 Å². The predicted octanol–water partition coefficient (Wildman–Crippen LogP) is 4.30. The fourth-order valence-electron chi connectivity index (χ4n) is 8.92. The van der Waals surface area contributed by atoms with E-state index < -0.39 is 5.60 Å². The zero-order valence-electron chi connectivity index (χ0n) is 19.4. The molecule has 0 bridgehead atoms. The van der Waals surface area contributed by atoms with Crippen LogP contribution in [0, 0.1) is 40.9 Å². The largest absolute Gasteiger partial charge is 0.390 e. The first-order valence-electron chi connectivity index (χ1n) is 12.9. The number of carbonyl (C=O) groups is 1. The molecule has 4 heteroatoms. The van der Waals surface area contributed by atoms with Crippen LogP contribution in [0.2, 0.25) is 0 Å². The van der Waals surface area contributed by atoms with Crippen LogP contribution in [0.25, 0.3) is 0 Å². The highest BCUT2D eigenvalue weighted by Crippen LogP contribution is 2.64. The van der Waals surface area contributed by atoms with Crippen LogP contribution in [0.1, 0.15) is 78.6 Å². The molecule has 1 saturated heterocycles. The number of ketones is 1. The second-order valence-electron chi connectivity index (χ2n) is 12.2. The summed E-state index contributed by atoms with van der Waals surface area (Å²) in [6.07, 6.45) is 10.8. The van der Waals surface area contributed by atoms with Gasteiger partial charge in [0, 0.05) is 18.5 Å². The fraction of sp³-hybridized carbons (Fsp3) is 0.962. The zero-order chi connectivity index (χ0) is 21.1. The standard InChI is InChI=1S/C26H43NO3/c1-17-16-30-13-12-27(17)15-24(28)23-7-6-22-21-5-4-18-14-25(2,29)10-8-19(18)20(21)9-11-26(22,23)3/h17-23,29H,4-16H2,1-3H3/t17-,18+,19-,20+,21+,22-,23+,25+,26-/m0/s1. The van der Waals surface area contributed by atoms with Gasteiger partial charge in [-0.05, 0) is 107 Å². The Morgan fingerprint density at radius 2 is 1.83 bits per heavy atom. The smallest absolute Gasteiger partial charge is 0.150 e. The average molecular weight is 418 g/mol. The molecule has 0 radical (unpaired) electrons. The van der Waals surface area contributed by atoms with Crippen LogP contribution in [0.5, 0.6) is 0 Å². The van der Waals surface area contributed by atoms with Crippen molar-refractivity contribution in [1.82, 2.24) is 4.90 Å². The van der Waals surface area contributed by atoms with Gasteiger partial charge in [0.2, 0.25) is 0 Å². The van der Waals surface area contributed by atoms with Crippen LogP contribution in [0.4, 0.5) is 0 Å². The minimum atomic E-state index is -0.432. The van der Waals surface area contributed by atoms with E-state index in [1.807, 2.05) is 0 Å². The molecule has 5 aliphatic rings. The molecule has 170 valence electrons. The van der Waals surface area contributed by atoms with Gasteiger partial charge >= 0.3 is 0 Å². The van der Waals surface area contributed by atoms with Crippen molar-refractivity contribution in [3.05, 3.63) is 0 Å². The zero-order valence-corrected chi connectivity index (χ0v) is 19.4. The molecule has 0 aromatic rings. The molecule has 0 aromatic heterocycles. The number of carbonyl (C=O) groups excluding carboxylic acids is 1. The molecule has 1 heterocycles. The molecule has 5 fully saturated rings. The molecular formula is C26H43NO3. The van der Waals surface area contributed by atoms with Crippen molar-refractivity contribution in [2.75, 3.05) is 26.3 Å². The molecular weight excluding hydrogens is 374 g/mol. The fourth-order valence-corrected chi connectivity index (χ4v) is 8.92. The summed E-state index contributed by atoms with van der Waals surface area (Å²) < 4.78 is 5.57. The summed E-state index contributed by atoms with van der Waals surface area (Å²) in [7, 11) is 0. The minimum absolute atomic E-state index is 0.223. The van der Waals surface area contributed by atoms with Gasteiger partial charge in [0.05, 0.1) is 25.4 Å². The van der Waals surface area contributed by atoms with Gasteiger partial charge in [0.25, 0.3) is 0 Å². The van der Waals surface area contributed by atoms with Gasteiger partial charge in [0.1, 0.15) is 5.78 Å². The lowest BCUT2D eigenvalue weighted by Crippen LogP contribution is -2.52. The Bertz CT molecular complexity index is 663. The molecule has 0 amide bonds. The molecule has 1 N–H and O–H groups in total. The maximum atomic E-state index is 13.5. The van der Waals surface area contributed by atoms with E-state index in [9.17, 15) is 9.90 Å². The summed E-state index contributed by atoms with van der Waals surface area (Å²) in [5, 5.41) is 10.6. The number of Topliss-reactive ketones (excluding diaryl/α,β-unsaturated/α-hetero) is 1. The van der Waals surface area contributed by atoms with E-state index in [0.717, 1.165) is 68.6 Å². The maximum Gasteiger partial charge on any atom is 0.150 e. The van der Waals surface area contributed by atoms with Gasteiger partial charge in [-0.25, -0.2) is 0 Å². The summed E-state index contributed by atoms with van der Waals surface area (Å²) in [5.41, 5.74) is -0.209. The van der Waals surface area contributed by atoms with Crippen molar-refractivity contribution < 1.29 is 14.6 Å². The highest BCUT2D eigenvalue weighted by atomic mass is 16.5. The van der Waals surface area contributed by atoms with Crippen molar-refractivity contribution in [3.8, 4) is 0 Å². The molecule has 30 heavy (non-hydrogen) atoms. The monoisotopic (exact) mass is 417 g/mol. The number of morpholine rings is 1. The Labute approximate surface area is 183 Å². The Hall–Kier alpha value is -0.450. The van der Waals surface area contributed by atoms with Crippen LogP contribution in [0.15, 0.2) is 0 Å². The first-order chi connectivity index (χ1) is 14.3. The summed E-state index contributed by atoms with van der Waals surface area (Å²) in [6.45, 7) is 9.78. The lowest BCUT2D eigenvalue weighted by molar-refractivity contribution is -0.135. The van der Waals surface area contributed by atoms with Crippen LogP contribution in [0.3, 0.4) is 0 Å². The van der Waals surface area contributed by atoms with Crippen LogP contribution in [-0.2, 0) is 9.53 Å². The van der Waals surface area contributed by atoms with Crippen LogP contribution < -0.4 is 0 Å². The third-order valence-electron chi connectivity index (χ3n) is 10.5. The first kappa shape index (κ1) is 21.4. The Morgan fingerprint density at radius 1 is 1.03 bits per heavy atom. The topological polar surface area (TPSA) is 49.8 Å². The second kappa shape index (κ2) is 7.85. The second-order valence-corrected chi connectivity index (χ2v) is 12.2. The van der Waals surface area contributed by atoms with Crippen molar-refractivity contribution in [3.63, 3.8) is 0 Å². The number of fused-ring (bicyclic) bond motifs is 5. The van der Waals surface area contributed by atoms with Crippen LogP contribution >= 0.6 is 0 Å². The molecule has 4 saturated carbocycles. The van der Waals surface area contributed by atoms with E-state index in [4.69, 9.17) is 4.74 Å². The summed E-state index contributed by atoms with van der Waals surface area (Å²) in [6, 6.07) is 0.363. The average Bonchev–Trinajstić information content (AvgIpc) is 3.06. The molecule has 4 aliphatic carbocycles. The van der Waals surface area contributed by atoms with Gasteiger partial charge in [-0.15, -0.1) is 0 Å². The van der Waals surface area contributed by atoms with E-state index in [-0.39, 0.29) is 11.3 Å². The Balaban J connectivity index is 1.28. The van der Waals surface area contributed by atoms with E-state index in [1.54, 1.807) is 0 Å². The molecule has 9 atom stereocenters. The number of hydrogen-bond acceptors (Lipinski definition) is 4. The quantitative estimate of drug-likeness (QED) is 0.744. The Morgan fingerprint density at radius 3 is 2.63 bits per heavy atom. The number of rotatable bonds is 3. The lowest BCUT2D eigenvalue weighted by Gasteiger charge is -2.57. The Kier molecular flexibility index (Phi) is 5.60. The van der Waals surface area contributed by atoms with Crippen molar-refractivity contribution >= 4 is 5.78 Å². The number of nitrogens with zero attached hydrogens (tertiary/aromatic N) is 1. The van der Waals surface area contributed by atoms with Crippen molar-refractivity contribution in [2.45, 2.75) is 90.2 Å². The molecule has 0 unspecified atom stereocenters. The van der Waals surface area contributed by atoms with Crippen molar-refractivity contribution in [2.24, 2.45) is 40.9 Å².